The molecule has 0 saturated carbocycles. The molecular weight excluding hydrogens is 365 g/mol. The third-order valence-corrected chi connectivity index (χ3v) is 4.80. The van der Waals surface area contributed by atoms with Crippen molar-refractivity contribution in [3.63, 3.8) is 0 Å². The van der Waals surface area contributed by atoms with Gasteiger partial charge in [-0.05, 0) is 41.7 Å². The second-order valence-electron chi connectivity index (χ2n) is 7.45. The Morgan fingerprint density at radius 1 is 0.964 bits per heavy atom. The Kier molecular flexibility index (Phi) is 5.26. The normalized spacial score (nSPS) is 15.1. The zero-order chi connectivity index (χ0) is 20.4. The molecule has 3 aromatic rings. The number of rotatable bonds is 5. The van der Waals surface area contributed by atoms with Crippen LogP contribution < -0.4 is 0 Å². The third-order valence-electron chi connectivity index (χ3n) is 4.80. The molecule has 0 saturated heterocycles. The van der Waals surface area contributed by atoms with Crippen LogP contribution in [0, 0.1) is 0 Å². The van der Waals surface area contributed by atoms with Crippen molar-refractivity contribution < 1.29 is 18.3 Å². The minimum absolute atomic E-state index is 0.325. The van der Waals surface area contributed by atoms with Gasteiger partial charge in [-0.1, -0.05) is 50.2 Å². The molecule has 1 aromatic heterocycles. The van der Waals surface area contributed by atoms with E-state index in [1.54, 1.807) is 80.7 Å². The highest BCUT2D eigenvalue weighted by Gasteiger charge is 2.55. The number of hydrogen-bond donors (Lipinski definition) is 1. The van der Waals surface area contributed by atoms with Crippen LogP contribution in [0.2, 0.25) is 0 Å². The molecule has 3 nitrogen and oxygen atoms in total. The maximum atomic E-state index is 13.8. The maximum absolute atomic E-state index is 13.8. The van der Waals surface area contributed by atoms with Gasteiger partial charge in [0.2, 0.25) is 0 Å². The van der Waals surface area contributed by atoms with E-state index >= 15 is 0 Å². The highest BCUT2D eigenvalue weighted by atomic mass is 19.4. The number of hydrogen-bond acceptors (Lipinski definition) is 3. The van der Waals surface area contributed by atoms with Crippen molar-refractivity contribution in [2.75, 3.05) is 0 Å². The molecule has 2 aromatic carbocycles. The largest absolute Gasteiger partial charge is 0.422 e. The summed E-state index contributed by atoms with van der Waals surface area (Å²) in [5.41, 5.74) is -2.34. The zero-order valence-corrected chi connectivity index (χ0v) is 15.6. The van der Waals surface area contributed by atoms with E-state index in [-0.39, 0.29) is 0 Å². The lowest BCUT2D eigenvalue weighted by atomic mass is 9.75. The first-order chi connectivity index (χ1) is 13.1. The van der Waals surface area contributed by atoms with Crippen molar-refractivity contribution in [3.05, 3.63) is 72.4 Å². The second kappa shape index (κ2) is 7.36. The smallest absolute Gasteiger partial charge is 0.376 e. The van der Waals surface area contributed by atoms with E-state index in [1.807, 2.05) is 0 Å². The molecule has 0 aliphatic rings. The SMILES string of the molecule is CC(C)(CC(O)(C=Nc1cccc2ncccc12)C(F)(F)F)c1ccccc1. The number of alkyl halides is 3. The lowest BCUT2D eigenvalue weighted by molar-refractivity contribution is -0.234. The monoisotopic (exact) mass is 386 g/mol. The van der Waals surface area contributed by atoms with E-state index in [0.29, 0.717) is 28.4 Å². The van der Waals surface area contributed by atoms with Crippen molar-refractivity contribution in [1.82, 2.24) is 4.98 Å². The standard InChI is InChI=1S/C22H21F3N2O/c1-20(2,16-8-4-3-5-9-16)14-21(28,22(23,24)25)15-27-19-12-6-11-18-17(19)10-7-13-26-18/h3-13,15,28H,14H2,1-2H3. The molecule has 0 fully saturated rings. The Morgan fingerprint density at radius 3 is 2.36 bits per heavy atom. The van der Waals surface area contributed by atoms with E-state index in [2.05, 4.69) is 9.98 Å². The molecule has 0 radical (unpaired) electrons. The number of aliphatic hydroxyl groups is 1. The van der Waals surface area contributed by atoms with Crippen molar-refractivity contribution in [2.24, 2.45) is 4.99 Å². The van der Waals surface area contributed by atoms with E-state index in [9.17, 15) is 18.3 Å². The predicted octanol–water partition coefficient (Wildman–Crippen LogP) is 5.60. The molecule has 0 aliphatic heterocycles. The van der Waals surface area contributed by atoms with Crippen molar-refractivity contribution >= 4 is 22.8 Å². The van der Waals surface area contributed by atoms with Crippen molar-refractivity contribution in [3.8, 4) is 0 Å². The maximum Gasteiger partial charge on any atom is 0.422 e. The number of nitrogens with zero attached hydrogens (tertiary/aromatic N) is 2. The minimum Gasteiger partial charge on any atom is -0.376 e. The molecule has 28 heavy (non-hydrogen) atoms. The number of fused-ring (bicyclic) bond motifs is 1. The zero-order valence-electron chi connectivity index (χ0n) is 15.6. The molecule has 0 aliphatic carbocycles. The Morgan fingerprint density at radius 2 is 1.68 bits per heavy atom. The topological polar surface area (TPSA) is 45.5 Å². The molecule has 6 heteroatoms. The molecule has 1 atom stereocenters. The van der Waals surface area contributed by atoms with Gasteiger partial charge in [0.25, 0.3) is 0 Å². The van der Waals surface area contributed by atoms with Gasteiger partial charge >= 0.3 is 6.18 Å². The van der Waals surface area contributed by atoms with Crippen LogP contribution in [0.4, 0.5) is 18.9 Å². The van der Waals surface area contributed by atoms with Crippen molar-refractivity contribution in [2.45, 2.75) is 37.5 Å². The van der Waals surface area contributed by atoms with Crippen LogP contribution in [0.3, 0.4) is 0 Å². The van der Waals surface area contributed by atoms with Crippen LogP contribution in [0.25, 0.3) is 10.9 Å². The second-order valence-corrected chi connectivity index (χ2v) is 7.45. The summed E-state index contributed by atoms with van der Waals surface area (Å²) in [4.78, 5) is 8.19. The fraction of sp³-hybridized carbons (Fsp3) is 0.273. The quantitative estimate of drug-likeness (QED) is 0.580. The molecule has 1 N–H and O–H groups in total. The van der Waals surface area contributed by atoms with Crippen LogP contribution in [0.5, 0.6) is 0 Å². The van der Waals surface area contributed by atoms with Gasteiger partial charge < -0.3 is 5.11 Å². The summed E-state index contributed by atoms with van der Waals surface area (Å²) in [6.45, 7) is 3.35. The number of halogens is 3. The van der Waals surface area contributed by atoms with E-state index in [0.717, 1.165) is 0 Å². The Balaban J connectivity index is 1.99. The Labute approximate surface area is 161 Å². The summed E-state index contributed by atoms with van der Waals surface area (Å²) in [7, 11) is 0. The molecule has 146 valence electrons. The van der Waals surface area contributed by atoms with Gasteiger partial charge in [0.15, 0.2) is 5.60 Å². The summed E-state index contributed by atoms with van der Waals surface area (Å²) in [6.07, 6.45) is -3.21. The highest BCUT2D eigenvalue weighted by Crippen LogP contribution is 2.40. The van der Waals surface area contributed by atoms with Gasteiger partial charge in [-0.2, -0.15) is 13.2 Å². The summed E-state index contributed by atoms with van der Waals surface area (Å²) in [5.74, 6) is 0. The molecule has 0 amide bonds. The minimum atomic E-state index is -4.87. The third kappa shape index (κ3) is 4.07. The molecule has 1 unspecified atom stereocenters. The fourth-order valence-corrected chi connectivity index (χ4v) is 3.26. The first-order valence-corrected chi connectivity index (χ1v) is 8.86. The summed E-state index contributed by atoms with van der Waals surface area (Å²) in [6, 6.07) is 17.3. The van der Waals surface area contributed by atoms with Crippen LogP contribution in [-0.2, 0) is 5.41 Å². The Hall–Kier alpha value is -2.73. The van der Waals surface area contributed by atoms with Gasteiger partial charge in [-0.25, -0.2) is 0 Å². The highest BCUT2D eigenvalue weighted by molar-refractivity contribution is 5.91. The summed E-state index contributed by atoms with van der Waals surface area (Å²) in [5, 5.41) is 11.2. The van der Waals surface area contributed by atoms with Crippen LogP contribution >= 0.6 is 0 Å². The predicted molar refractivity (Wildman–Crippen MR) is 105 cm³/mol. The number of aromatic nitrogens is 1. The fourth-order valence-electron chi connectivity index (χ4n) is 3.26. The van der Waals surface area contributed by atoms with Crippen LogP contribution in [0.15, 0.2) is 71.9 Å². The van der Waals surface area contributed by atoms with Gasteiger partial charge in [0, 0.05) is 17.8 Å². The average molecular weight is 386 g/mol. The van der Waals surface area contributed by atoms with Crippen LogP contribution in [0.1, 0.15) is 25.8 Å². The van der Waals surface area contributed by atoms with Gasteiger partial charge in [0.1, 0.15) is 0 Å². The average Bonchev–Trinajstić information content (AvgIpc) is 2.66. The molecular formula is C22H21F3N2O. The number of benzene rings is 2. The number of pyridine rings is 1. The lowest BCUT2D eigenvalue weighted by Gasteiger charge is -2.35. The van der Waals surface area contributed by atoms with E-state index in [1.165, 1.54) is 0 Å². The van der Waals surface area contributed by atoms with E-state index in [4.69, 9.17) is 0 Å². The molecule has 1 heterocycles. The van der Waals surface area contributed by atoms with Gasteiger partial charge in [-0.15, -0.1) is 0 Å². The van der Waals surface area contributed by atoms with E-state index < -0.39 is 23.6 Å². The molecule has 0 spiro atoms. The first kappa shape index (κ1) is 20.0. The van der Waals surface area contributed by atoms with Crippen LogP contribution in [-0.4, -0.2) is 28.1 Å². The van der Waals surface area contributed by atoms with Gasteiger partial charge in [0.05, 0.1) is 11.2 Å². The van der Waals surface area contributed by atoms with Crippen molar-refractivity contribution in [1.29, 1.82) is 0 Å². The van der Waals surface area contributed by atoms with Gasteiger partial charge in [-0.3, -0.25) is 9.98 Å². The first-order valence-electron chi connectivity index (χ1n) is 8.86. The molecule has 0 bridgehead atoms. The lowest BCUT2D eigenvalue weighted by Crippen LogP contribution is -2.50. The summed E-state index contributed by atoms with van der Waals surface area (Å²) >= 11 is 0. The Bertz CT molecular complexity index is 978. The molecule has 3 rings (SSSR count). The summed E-state index contributed by atoms with van der Waals surface area (Å²) < 4.78 is 41.4. The number of aliphatic imine (C=N–C) groups is 1.